The second-order valence-corrected chi connectivity index (χ2v) is 27.8. The number of carbonyl (C=O) groups is 3. The number of hydrogen-bond donors (Lipinski definition) is 15. The number of carbonyl (C=O) groups excluding carboxylic acids is 1. The van der Waals surface area contributed by atoms with Gasteiger partial charge in [0.05, 0.1) is 54.4 Å². The lowest BCUT2D eigenvalue weighted by Crippen LogP contribution is -2.69. The van der Waals surface area contributed by atoms with E-state index in [0.717, 1.165) is 5.57 Å². The SMILES string of the molecule is CC1OC(OC(=O)C23CCC(C)(C)CC2C2=CCC4C5(C(=O)O)CCC(O)C(C)(C(=O)O)C5CCC4(C)C2(C)CC3)C(OC2OC(C)C(OC3OC(CO)C(OC4OCC(O)C(O)C4OC4OCC(O)C(O)C4O)C(O)C3O)C(O)C2O)C(O)C1O. The zero-order chi connectivity index (χ0) is 62.9. The van der Waals surface area contributed by atoms with E-state index >= 15 is 4.79 Å². The van der Waals surface area contributed by atoms with E-state index in [1.54, 1.807) is 0 Å². The van der Waals surface area contributed by atoms with Gasteiger partial charge in [0.2, 0.25) is 6.29 Å². The Labute approximate surface area is 496 Å². The Balaban J connectivity index is 0.835. The topological polar surface area (TPSA) is 447 Å². The number of carboxylic acid groups (broad SMARTS) is 2. The Morgan fingerprint density at radius 3 is 1.74 bits per heavy atom. The maximum atomic E-state index is 15.4. The van der Waals surface area contributed by atoms with Gasteiger partial charge in [-0.15, -0.1) is 0 Å². The first kappa shape index (κ1) is 66.2. The number of rotatable bonds is 13. The largest absolute Gasteiger partial charge is 0.481 e. The van der Waals surface area contributed by atoms with Crippen LogP contribution in [-0.2, 0) is 61.8 Å². The van der Waals surface area contributed by atoms with E-state index in [-0.39, 0.29) is 24.7 Å². The van der Waals surface area contributed by atoms with Crippen LogP contribution in [0.15, 0.2) is 11.6 Å². The molecule has 0 aromatic rings. The van der Waals surface area contributed by atoms with E-state index in [1.807, 2.05) is 0 Å². The molecule has 4 saturated carbocycles. The van der Waals surface area contributed by atoms with Gasteiger partial charge < -0.3 is 124 Å². The first-order valence-electron chi connectivity index (χ1n) is 30.2. The Hall–Kier alpha value is -2.73. The predicted molar refractivity (Wildman–Crippen MR) is 285 cm³/mol. The first-order chi connectivity index (χ1) is 40.2. The van der Waals surface area contributed by atoms with Gasteiger partial charge in [0, 0.05) is 0 Å². The number of aliphatic hydroxyl groups is 13. The van der Waals surface area contributed by atoms with Gasteiger partial charge in [-0.3, -0.25) is 14.4 Å². The summed E-state index contributed by atoms with van der Waals surface area (Å²) >= 11 is 0. The summed E-state index contributed by atoms with van der Waals surface area (Å²) in [6.07, 6.45) is -35.1. The van der Waals surface area contributed by atoms with Crippen LogP contribution < -0.4 is 0 Å². The number of fused-ring (bicyclic) bond motifs is 7. The second kappa shape index (κ2) is 24.1. The van der Waals surface area contributed by atoms with E-state index in [4.69, 9.17) is 47.4 Å². The van der Waals surface area contributed by atoms with Gasteiger partial charge in [-0.1, -0.05) is 39.3 Å². The summed E-state index contributed by atoms with van der Waals surface area (Å²) in [6.45, 7) is 10.9. The lowest BCUT2D eigenvalue weighted by Gasteiger charge is -2.70. The normalized spacial score (nSPS) is 53.8. The molecule has 0 aromatic heterocycles. The van der Waals surface area contributed by atoms with Crippen molar-refractivity contribution in [1.29, 1.82) is 0 Å². The molecule has 0 spiro atoms. The highest BCUT2D eigenvalue weighted by molar-refractivity contribution is 5.82. The molecule has 86 heavy (non-hydrogen) atoms. The molecule has 0 radical (unpaired) electrons. The molecule has 0 amide bonds. The highest BCUT2D eigenvalue weighted by Crippen LogP contribution is 2.76. The predicted octanol–water partition coefficient (Wildman–Crippen LogP) is -2.75. The molecule has 10 rings (SSSR count). The number of hydrogen-bond acceptors (Lipinski definition) is 26. The van der Waals surface area contributed by atoms with Gasteiger partial charge in [-0.25, -0.2) is 0 Å². The van der Waals surface area contributed by atoms with E-state index in [2.05, 4.69) is 33.8 Å². The lowest BCUT2D eigenvalue weighted by atomic mass is 9.33. The van der Waals surface area contributed by atoms with Crippen LogP contribution in [0.1, 0.15) is 113 Å². The Morgan fingerprint density at radius 2 is 1.09 bits per heavy atom. The van der Waals surface area contributed by atoms with E-state index in [0.29, 0.717) is 44.9 Å². The maximum Gasteiger partial charge on any atom is 0.315 e. The van der Waals surface area contributed by atoms with Crippen molar-refractivity contribution in [3.63, 3.8) is 0 Å². The highest BCUT2D eigenvalue weighted by Gasteiger charge is 2.74. The standard InChI is InChI=1S/C58H90O28/c1-22-32(63)35(66)44(85-46-39(70)36(67)41(23(2)80-46)82-47-40(71)37(68)42(28(19-59)81-47)83-48-43(34(65)27(61)21-78-48)84-45-38(69)33(64)26(60)20-77-45)49(79-22)86-52(76)57-16-14-53(3,4)18-25(57)24-8-9-29-55(6,54(24,5)15-17-57)12-10-30-56(7,50(72)73)31(62)11-13-58(29,30)51(74)75/h8,22-23,25-49,59-71H,9-21H2,1-7H3,(H,72,73)(H,74,75). The number of esters is 1. The monoisotopic (exact) mass is 1230 g/mol. The van der Waals surface area contributed by atoms with Crippen LogP contribution in [0, 0.1) is 50.2 Å². The average molecular weight is 1240 g/mol. The van der Waals surface area contributed by atoms with Crippen LogP contribution in [-0.4, -0.2) is 262 Å². The van der Waals surface area contributed by atoms with Crippen LogP contribution in [0.4, 0.5) is 0 Å². The molecule has 28 nitrogen and oxygen atoms in total. The average Bonchev–Trinajstić information content (AvgIpc) is 0.676. The minimum atomic E-state index is -2.05. The summed E-state index contributed by atoms with van der Waals surface area (Å²) in [4.78, 5) is 42.2. The molecule has 32 unspecified atom stereocenters. The van der Waals surface area contributed by atoms with E-state index in [9.17, 15) is 86.2 Å². The van der Waals surface area contributed by atoms with Gasteiger partial charge in [-0.05, 0) is 119 Å². The van der Waals surface area contributed by atoms with Crippen LogP contribution in [0.2, 0.25) is 0 Å². The third-order valence-electron chi connectivity index (χ3n) is 22.7. The fourth-order valence-electron chi connectivity index (χ4n) is 17.1. The minimum absolute atomic E-state index is 0.0159. The molecule has 0 aromatic carbocycles. The van der Waals surface area contributed by atoms with Gasteiger partial charge in [0.1, 0.15) is 91.6 Å². The van der Waals surface area contributed by atoms with Crippen molar-refractivity contribution in [1.82, 2.24) is 0 Å². The Kier molecular flexibility index (Phi) is 18.5. The van der Waals surface area contributed by atoms with Crippen molar-refractivity contribution < 1.29 is 138 Å². The molecule has 0 bridgehead atoms. The number of carboxylic acids is 2. The molecule has 9 fully saturated rings. The molecule has 5 saturated heterocycles. The maximum absolute atomic E-state index is 15.4. The number of aliphatic hydroxyl groups excluding tert-OH is 13. The molecule has 10 aliphatic rings. The third kappa shape index (κ3) is 10.6. The Bertz CT molecular complexity index is 2500. The molecule has 32 atom stereocenters. The lowest BCUT2D eigenvalue weighted by molar-refractivity contribution is -0.390. The van der Waals surface area contributed by atoms with Crippen LogP contribution in [0.3, 0.4) is 0 Å². The number of allylic oxidation sites excluding steroid dienone is 2. The zero-order valence-corrected chi connectivity index (χ0v) is 49.4. The summed E-state index contributed by atoms with van der Waals surface area (Å²) in [7, 11) is 0. The van der Waals surface area contributed by atoms with Crippen molar-refractivity contribution in [3.05, 3.63) is 11.6 Å². The van der Waals surface area contributed by atoms with Crippen LogP contribution >= 0.6 is 0 Å². The molecule has 5 heterocycles. The molecule has 15 N–H and O–H groups in total. The zero-order valence-electron chi connectivity index (χ0n) is 49.4. The molecule has 490 valence electrons. The minimum Gasteiger partial charge on any atom is -0.481 e. The fraction of sp³-hybridized carbons (Fsp3) is 0.914. The molecule has 5 aliphatic heterocycles. The quantitative estimate of drug-likeness (QED) is 0.0657. The fourth-order valence-corrected chi connectivity index (χ4v) is 17.1. The highest BCUT2D eigenvalue weighted by atomic mass is 16.8. The van der Waals surface area contributed by atoms with Crippen LogP contribution in [0.5, 0.6) is 0 Å². The van der Waals surface area contributed by atoms with Crippen molar-refractivity contribution in [2.45, 2.75) is 260 Å². The molecule has 5 aliphatic carbocycles. The van der Waals surface area contributed by atoms with Gasteiger partial charge in [0.15, 0.2) is 31.3 Å². The number of aliphatic carboxylic acids is 2. The second-order valence-electron chi connectivity index (χ2n) is 27.8. The van der Waals surface area contributed by atoms with Crippen molar-refractivity contribution in [2.24, 2.45) is 50.2 Å². The molecular weight excluding hydrogens is 1140 g/mol. The summed E-state index contributed by atoms with van der Waals surface area (Å²) in [5.74, 6) is -4.74. The van der Waals surface area contributed by atoms with Gasteiger partial charge in [-0.2, -0.15) is 0 Å². The molecule has 28 heteroatoms. The van der Waals surface area contributed by atoms with Crippen LogP contribution in [0.25, 0.3) is 0 Å². The van der Waals surface area contributed by atoms with Crippen molar-refractivity contribution >= 4 is 17.9 Å². The van der Waals surface area contributed by atoms with E-state index < -0.39 is 230 Å². The smallest absolute Gasteiger partial charge is 0.315 e. The first-order valence-corrected chi connectivity index (χ1v) is 30.2. The summed E-state index contributed by atoms with van der Waals surface area (Å²) in [6, 6.07) is 0. The summed E-state index contributed by atoms with van der Waals surface area (Å²) in [5, 5.41) is 165. The molecular formula is C58H90O28. The van der Waals surface area contributed by atoms with Crippen molar-refractivity contribution in [2.75, 3.05) is 19.8 Å². The number of ether oxygens (including phenoxy) is 10. The van der Waals surface area contributed by atoms with Gasteiger partial charge >= 0.3 is 17.9 Å². The van der Waals surface area contributed by atoms with E-state index in [1.165, 1.54) is 20.8 Å². The Morgan fingerprint density at radius 1 is 0.547 bits per heavy atom. The van der Waals surface area contributed by atoms with Gasteiger partial charge in [0.25, 0.3) is 0 Å². The third-order valence-corrected chi connectivity index (χ3v) is 22.7. The summed E-state index contributed by atoms with van der Waals surface area (Å²) in [5.41, 5.74) is -4.91. The summed E-state index contributed by atoms with van der Waals surface area (Å²) < 4.78 is 58.8. The van der Waals surface area contributed by atoms with Crippen molar-refractivity contribution in [3.8, 4) is 0 Å².